The van der Waals surface area contributed by atoms with Crippen molar-refractivity contribution in [3.05, 3.63) is 18.5 Å². The summed E-state index contributed by atoms with van der Waals surface area (Å²) >= 11 is 0. The number of nitrogens with zero attached hydrogens (tertiary/aromatic N) is 5. The number of anilines is 1. The second kappa shape index (κ2) is 5.14. The van der Waals surface area contributed by atoms with E-state index in [2.05, 4.69) is 25.8 Å². The number of rotatable bonds is 4. The first kappa shape index (κ1) is 12.4. The number of nitriles is 1. The van der Waals surface area contributed by atoms with Gasteiger partial charge in [-0.2, -0.15) is 5.26 Å². The normalized spacial score (nSPS) is 21.9. The van der Waals surface area contributed by atoms with Crippen LogP contribution in [-0.2, 0) is 0 Å². The van der Waals surface area contributed by atoms with E-state index in [0.717, 1.165) is 45.1 Å². The van der Waals surface area contributed by atoms with Gasteiger partial charge in [0.05, 0.1) is 6.07 Å². The summed E-state index contributed by atoms with van der Waals surface area (Å²) in [5, 5.41) is 8.87. The van der Waals surface area contributed by atoms with Gasteiger partial charge in [0.25, 0.3) is 0 Å². The van der Waals surface area contributed by atoms with Crippen molar-refractivity contribution in [3.63, 3.8) is 0 Å². The molecule has 1 aromatic rings. The molecule has 100 valence electrons. The number of piperazine rings is 1. The second-order valence-electron chi connectivity index (χ2n) is 5.65. The summed E-state index contributed by atoms with van der Waals surface area (Å²) in [5.74, 6) is 0.834. The molecule has 0 aromatic carbocycles. The third kappa shape index (κ3) is 2.85. The van der Waals surface area contributed by atoms with Gasteiger partial charge in [0.1, 0.15) is 0 Å². The highest BCUT2D eigenvalue weighted by atomic mass is 15.3. The molecule has 0 radical (unpaired) electrons. The Balaban J connectivity index is 1.52. The molecule has 5 heteroatoms. The first-order valence-corrected chi connectivity index (χ1v) is 6.93. The minimum Gasteiger partial charge on any atom is -0.338 e. The zero-order valence-electron chi connectivity index (χ0n) is 11.1. The molecule has 1 saturated carbocycles. The summed E-state index contributed by atoms with van der Waals surface area (Å²) < 4.78 is 0. The van der Waals surface area contributed by atoms with Crippen LogP contribution >= 0.6 is 0 Å². The van der Waals surface area contributed by atoms with Crippen molar-refractivity contribution >= 4 is 5.95 Å². The van der Waals surface area contributed by atoms with Crippen LogP contribution in [0.5, 0.6) is 0 Å². The summed E-state index contributed by atoms with van der Waals surface area (Å²) in [4.78, 5) is 13.3. The average molecular weight is 257 g/mol. The van der Waals surface area contributed by atoms with Crippen LogP contribution in [0.2, 0.25) is 0 Å². The molecule has 0 atom stereocenters. The Kier molecular flexibility index (Phi) is 3.34. The van der Waals surface area contributed by atoms with Gasteiger partial charge in [0, 0.05) is 51.5 Å². The van der Waals surface area contributed by atoms with E-state index in [9.17, 15) is 0 Å². The molecule has 1 aliphatic carbocycles. The van der Waals surface area contributed by atoms with Gasteiger partial charge >= 0.3 is 0 Å². The van der Waals surface area contributed by atoms with E-state index in [0.29, 0.717) is 5.41 Å². The lowest BCUT2D eigenvalue weighted by Crippen LogP contribution is -2.48. The largest absolute Gasteiger partial charge is 0.338 e. The smallest absolute Gasteiger partial charge is 0.225 e. The highest BCUT2D eigenvalue weighted by Gasteiger charge is 2.43. The fraction of sp³-hybridized carbons (Fsp3) is 0.643. The van der Waals surface area contributed by atoms with Gasteiger partial charge in [-0.05, 0) is 24.3 Å². The zero-order valence-corrected chi connectivity index (χ0v) is 11.1. The highest BCUT2D eigenvalue weighted by molar-refractivity contribution is 5.29. The molecule has 19 heavy (non-hydrogen) atoms. The zero-order chi connectivity index (χ0) is 13.1. The molecule has 0 unspecified atom stereocenters. The third-order valence-electron chi connectivity index (χ3n) is 4.18. The number of hydrogen-bond acceptors (Lipinski definition) is 5. The van der Waals surface area contributed by atoms with Gasteiger partial charge in [-0.15, -0.1) is 0 Å². The fourth-order valence-electron chi connectivity index (χ4n) is 2.77. The van der Waals surface area contributed by atoms with Crippen LogP contribution in [0.1, 0.15) is 19.3 Å². The molecule has 1 saturated heterocycles. The lowest BCUT2D eigenvalue weighted by Gasteiger charge is -2.36. The molecule has 0 N–H and O–H groups in total. The maximum atomic E-state index is 8.87. The Bertz CT molecular complexity index is 454. The van der Waals surface area contributed by atoms with Gasteiger partial charge in [-0.3, -0.25) is 4.90 Å². The molecule has 0 amide bonds. The summed E-state index contributed by atoms with van der Waals surface area (Å²) in [6.45, 7) is 5.14. The lowest BCUT2D eigenvalue weighted by molar-refractivity contribution is 0.208. The van der Waals surface area contributed by atoms with Crippen LogP contribution in [0, 0.1) is 16.7 Å². The highest BCUT2D eigenvalue weighted by Crippen LogP contribution is 2.49. The first-order chi connectivity index (χ1) is 9.31. The molecule has 2 heterocycles. The van der Waals surface area contributed by atoms with Crippen LogP contribution < -0.4 is 4.90 Å². The van der Waals surface area contributed by atoms with E-state index < -0.39 is 0 Å². The minimum absolute atomic E-state index is 0.320. The van der Waals surface area contributed by atoms with Crippen molar-refractivity contribution < 1.29 is 0 Å². The molecule has 0 bridgehead atoms. The monoisotopic (exact) mass is 257 g/mol. The van der Waals surface area contributed by atoms with E-state index in [4.69, 9.17) is 5.26 Å². The van der Waals surface area contributed by atoms with Crippen molar-refractivity contribution in [3.8, 4) is 6.07 Å². The van der Waals surface area contributed by atoms with Crippen LogP contribution in [0.25, 0.3) is 0 Å². The Morgan fingerprint density at radius 1 is 1.16 bits per heavy atom. The molecular weight excluding hydrogens is 238 g/mol. The minimum atomic E-state index is 0.320. The van der Waals surface area contributed by atoms with Crippen molar-refractivity contribution in [2.45, 2.75) is 19.3 Å². The average Bonchev–Trinajstić information content (AvgIpc) is 3.20. The Morgan fingerprint density at radius 3 is 2.42 bits per heavy atom. The summed E-state index contributed by atoms with van der Waals surface area (Å²) in [6, 6.07) is 4.18. The molecule has 2 fully saturated rings. The fourth-order valence-corrected chi connectivity index (χ4v) is 2.77. The van der Waals surface area contributed by atoms with Crippen molar-refractivity contribution in [1.29, 1.82) is 5.26 Å². The van der Waals surface area contributed by atoms with Crippen LogP contribution in [0.3, 0.4) is 0 Å². The molecule has 1 aliphatic heterocycles. The number of aromatic nitrogens is 2. The summed E-state index contributed by atoms with van der Waals surface area (Å²) in [5.41, 5.74) is 0.320. The lowest BCUT2D eigenvalue weighted by atomic mass is 10.0. The molecule has 3 rings (SSSR count). The van der Waals surface area contributed by atoms with Gasteiger partial charge in [-0.25, -0.2) is 9.97 Å². The summed E-state index contributed by atoms with van der Waals surface area (Å²) in [6.07, 6.45) is 6.75. The van der Waals surface area contributed by atoms with Crippen LogP contribution in [0.15, 0.2) is 18.5 Å². The van der Waals surface area contributed by atoms with Crippen molar-refractivity contribution in [2.75, 3.05) is 37.6 Å². The van der Waals surface area contributed by atoms with E-state index in [-0.39, 0.29) is 0 Å². The number of hydrogen-bond donors (Lipinski definition) is 0. The predicted molar refractivity (Wildman–Crippen MR) is 72.6 cm³/mol. The first-order valence-electron chi connectivity index (χ1n) is 6.93. The van der Waals surface area contributed by atoms with Gasteiger partial charge in [-0.1, -0.05) is 0 Å². The standard InChI is InChI=1S/C14H19N5/c15-5-4-14(2-3-14)12-18-8-10-19(11-9-18)13-16-6-1-7-17-13/h1,6-7H,2-4,8-12H2. The SMILES string of the molecule is N#CCC1(CN2CCN(c3ncccn3)CC2)CC1. The maximum Gasteiger partial charge on any atom is 0.225 e. The van der Waals surface area contributed by atoms with Gasteiger partial charge < -0.3 is 4.90 Å². The van der Waals surface area contributed by atoms with Gasteiger partial charge in [0.15, 0.2) is 0 Å². The van der Waals surface area contributed by atoms with E-state index >= 15 is 0 Å². The Morgan fingerprint density at radius 2 is 1.84 bits per heavy atom. The molecular formula is C14H19N5. The predicted octanol–water partition coefficient (Wildman–Crippen LogP) is 1.29. The molecule has 2 aliphatic rings. The Hall–Kier alpha value is -1.67. The van der Waals surface area contributed by atoms with E-state index in [1.165, 1.54) is 12.8 Å². The van der Waals surface area contributed by atoms with E-state index in [1.807, 2.05) is 6.07 Å². The second-order valence-corrected chi connectivity index (χ2v) is 5.65. The third-order valence-corrected chi connectivity index (χ3v) is 4.18. The topological polar surface area (TPSA) is 56.1 Å². The molecule has 5 nitrogen and oxygen atoms in total. The van der Waals surface area contributed by atoms with Crippen molar-refractivity contribution in [1.82, 2.24) is 14.9 Å². The molecule has 1 aromatic heterocycles. The van der Waals surface area contributed by atoms with E-state index in [1.54, 1.807) is 12.4 Å². The van der Waals surface area contributed by atoms with Crippen LogP contribution in [-0.4, -0.2) is 47.6 Å². The maximum absolute atomic E-state index is 8.87. The van der Waals surface area contributed by atoms with Crippen LogP contribution in [0.4, 0.5) is 5.95 Å². The molecule has 0 spiro atoms. The summed E-state index contributed by atoms with van der Waals surface area (Å²) in [7, 11) is 0. The Labute approximate surface area is 113 Å². The quantitative estimate of drug-likeness (QED) is 0.813. The van der Waals surface area contributed by atoms with Crippen molar-refractivity contribution in [2.24, 2.45) is 5.41 Å². The van der Waals surface area contributed by atoms with Gasteiger partial charge in [0.2, 0.25) is 5.95 Å².